The first-order valence-electron chi connectivity index (χ1n) is 7.09. The molecule has 21 heavy (non-hydrogen) atoms. The molecule has 0 N–H and O–H groups in total. The zero-order valence-electron chi connectivity index (χ0n) is 13.9. The van der Waals surface area contributed by atoms with Gasteiger partial charge in [-0.1, -0.05) is 51.0 Å². The predicted octanol–water partition coefficient (Wildman–Crippen LogP) is 2.98. The van der Waals surface area contributed by atoms with Crippen LogP contribution in [0.25, 0.3) is 10.4 Å². The normalized spacial score (nSPS) is 12.5. The maximum absolute atomic E-state index is 7.65. The quantitative estimate of drug-likeness (QED) is 0.644. The van der Waals surface area contributed by atoms with Gasteiger partial charge in [0.15, 0.2) is 0 Å². The summed E-state index contributed by atoms with van der Waals surface area (Å²) in [6.07, 6.45) is 0. The Hall–Kier alpha value is -1.59. The average Bonchev–Trinajstić information content (AvgIpc) is 2.71. The number of aromatic nitrogens is 2. The highest BCUT2D eigenvalue weighted by Gasteiger charge is 2.36. The molecule has 0 amide bonds. The van der Waals surface area contributed by atoms with Crippen LogP contribution in [0.4, 0.5) is 5.82 Å². The van der Waals surface area contributed by atoms with Gasteiger partial charge in [0.05, 0.1) is 23.3 Å². The van der Waals surface area contributed by atoms with E-state index in [1.807, 2.05) is 6.07 Å². The van der Waals surface area contributed by atoms with Crippen molar-refractivity contribution in [3.05, 3.63) is 23.5 Å². The fourth-order valence-electron chi connectivity index (χ4n) is 2.78. The van der Waals surface area contributed by atoms with Crippen LogP contribution in [0.15, 0.2) is 12.1 Å². The van der Waals surface area contributed by atoms with Crippen LogP contribution in [0.5, 0.6) is 5.88 Å². The van der Waals surface area contributed by atoms with Crippen LogP contribution in [-0.2, 0) is 0 Å². The number of hydrogen-bond acceptors (Lipinski definition) is 2. The maximum atomic E-state index is 7.65. The minimum atomic E-state index is -1.64. The van der Waals surface area contributed by atoms with Gasteiger partial charge in [-0.25, -0.2) is 0 Å². The Morgan fingerprint density at radius 2 is 1.62 bits per heavy atom. The summed E-state index contributed by atoms with van der Waals surface area (Å²) >= 11 is 0. The van der Waals surface area contributed by atoms with Gasteiger partial charge in [0.2, 0.25) is 0 Å². The SMILES string of the molecule is [C-]#[N+]c1c([Si](C)(C)C)c([Si](C)(C)C)c2ccc(OC)nn12. The van der Waals surface area contributed by atoms with Crippen LogP contribution in [0.2, 0.25) is 39.3 Å². The van der Waals surface area contributed by atoms with Crippen molar-refractivity contribution in [2.75, 3.05) is 7.11 Å². The number of rotatable bonds is 3. The molecule has 2 aromatic rings. The molecule has 0 unspecified atom stereocenters. The molecular formula is C15H23N3OSi2. The molecular weight excluding hydrogens is 294 g/mol. The second-order valence-corrected chi connectivity index (χ2v) is 17.4. The molecule has 0 saturated carbocycles. The first-order chi connectivity index (χ1) is 9.61. The first-order valence-corrected chi connectivity index (χ1v) is 14.1. The minimum absolute atomic E-state index is 0.548. The second-order valence-electron chi connectivity index (χ2n) is 7.36. The molecule has 112 valence electrons. The largest absolute Gasteiger partial charge is 0.479 e. The lowest BCUT2D eigenvalue weighted by atomic mass is 10.4. The Morgan fingerprint density at radius 3 is 2.05 bits per heavy atom. The molecule has 0 aromatic carbocycles. The third-order valence-electron chi connectivity index (χ3n) is 3.56. The van der Waals surface area contributed by atoms with Gasteiger partial charge in [0.1, 0.15) is 5.52 Å². The lowest BCUT2D eigenvalue weighted by Gasteiger charge is -2.24. The molecule has 0 saturated heterocycles. The van der Waals surface area contributed by atoms with Crippen LogP contribution in [0.1, 0.15) is 0 Å². The van der Waals surface area contributed by atoms with E-state index in [0.717, 1.165) is 5.52 Å². The molecule has 0 radical (unpaired) electrons. The van der Waals surface area contributed by atoms with Crippen molar-refractivity contribution in [3.8, 4) is 5.88 Å². The second kappa shape index (κ2) is 5.00. The van der Waals surface area contributed by atoms with Crippen molar-refractivity contribution in [3.63, 3.8) is 0 Å². The highest BCUT2D eigenvalue weighted by atomic mass is 28.3. The van der Waals surface area contributed by atoms with Crippen molar-refractivity contribution in [1.29, 1.82) is 0 Å². The Morgan fingerprint density at radius 1 is 1.05 bits per heavy atom. The van der Waals surface area contributed by atoms with Gasteiger partial charge in [-0.15, -0.1) is 0 Å². The van der Waals surface area contributed by atoms with Gasteiger partial charge in [-0.3, -0.25) is 0 Å². The van der Waals surface area contributed by atoms with E-state index in [1.165, 1.54) is 10.4 Å². The zero-order chi connectivity index (χ0) is 16.0. The molecule has 0 spiro atoms. The lowest BCUT2D eigenvalue weighted by Crippen LogP contribution is -2.54. The fraction of sp³-hybridized carbons (Fsp3) is 0.467. The maximum Gasteiger partial charge on any atom is 0.255 e. The Labute approximate surface area is 128 Å². The van der Waals surface area contributed by atoms with Crippen molar-refractivity contribution in [2.24, 2.45) is 0 Å². The van der Waals surface area contributed by atoms with E-state index in [1.54, 1.807) is 11.6 Å². The van der Waals surface area contributed by atoms with Crippen molar-refractivity contribution in [1.82, 2.24) is 9.61 Å². The van der Waals surface area contributed by atoms with Gasteiger partial charge >= 0.3 is 0 Å². The van der Waals surface area contributed by atoms with Gasteiger partial charge in [-0.05, 0) is 16.4 Å². The highest BCUT2D eigenvalue weighted by molar-refractivity contribution is 7.00. The predicted molar refractivity (Wildman–Crippen MR) is 94.0 cm³/mol. The molecule has 0 atom stereocenters. The number of hydrogen-bond donors (Lipinski definition) is 0. The molecule has 0 fully saturated rings. The molecule has 2 rings (SSSR count). The summed E-state index contributed by atoms with van der Waals surface area (Å²) in [7, 11) is -1.62. The van der Waals surface area contributed by atoms with Gasteiger partial charge in [-0.2, -0.15) is 4.52 Å². The molecule has 0 bridgehead atoms. The van der Waals surface area contributed by atoms with E-state index in [9.17, 15) is 0 Å². The summed E-state index contributed by atoms with van der Waals surface area (Å²) in [5, 5.41) is 7.16. The number of ether oxygens (including phenoxy) is 1. The zero-order valence-corrected chi connectivity index (χ0v) is 15.9. The number of fused-ring (bicyclic) bond motifs is 1. The van der Waals surface area contributed by atoms with Gasteiger partial charge in [0.25, 0.3) is 11.7 Å². The van der Waals surface area contributed by atoms with Crippen molar-refractivity contribution < 1.29 is 4.74 Å². The third kappa shape index (κ3) is 2.63. The summed E-state index contributed by atoms with van der Waals surface area (Å²) in [5.74, 6) is 1.23. The van der Waals surface area contributed by atoms with Gasteiger partial charge in [0, 0.05) is 6.07 Å². The molecule has 0 aliphatic heterocycles. The molecule has 0 aliphatic carbocycles. The molecule has 0 aliphatic rings. The monoisotopic (exact) mass is 317 g/mol. The topological polar surface area (TPSA) is 30.9 Å². The van der Waals surface area contributed by atoms with Crippen LogP contribution >= 0.6 is 0 Å². The summed E-state index contributed by atoms with van der Waals surface area (Å²) in [4.78, 5) is 3.83. The van der Waals surface area contributed by atoms with Crippen molar-refractivity contribution in [2.45, 2.75) is 39.3 Å². The van der Waals surface area contributed by atoms with E-state index in [0.29, 0.717) is 11.7 Å². The fourth-order valence-corrected chi connectivity index (χ4v) is 8.56. The molecule has 2 heterocycles. The van der Waals surface area contributed by atoms with Gasteiger partial charge < -0.3 is 9.58 Å². The van der Waals surface area contributed by atoms with Crippen LogP contribution < -0.4 is 15.1 Å². The Bertz CT molecular complexity index is 730. The Balaban J connectivity index is 3.02. The van der Waals surface area contributed by atoms with E-state index < -0.39 is 16.1 Å². The smallest absolute Gasteiger partial charge is 0.255 e. The van der Waals surface area contributed by atoms with E-state index in [2.05, 4.69) is 55.3 Å². The average molecular weight is 318 g/mol. The third-order valence-corrected chi connectivity index (χ3v) is 7.79. The van der Waals surface area contributed by atoms with Crippen molar-refractivity contribution >= 4 is 37.9 Å². The van der Waals surface area contributed by atoms with Crippen LogP contribution in [0, 0.1) is 6.57 Å². The van der Waals surface area contributed by atoms with Crippen LogP contribution in [-0.4, -0.2) is 32.9 Å². The number of methoxy groups -OCH3 is 1. The lowest BCUT2D eigenvalue weighted by molar-refractivity contribution is 0.390. The molecule has 2 aromatic heterocycles. The number of nitrogens with zero attached hydrogens (tertiary/aromatic N) is 3. The van der Waals surface area contributed by atoms with E-state index in [4.69, 9.17) is 11.3 Å². The highest BCUT2D eigenvalue weighted by Crippen LogP contribution is 2.23. The molecule has 6 heteroatoms. The standard InChI is InChI=1S/C15H23N3OSi2/c1-16-15-14(21(6,7)8)13(20(3,4)5)11-9-10-12(19-2)17-18(11)15/h9-10H,2-8H3. The first kappa shape index (κ1) is 15.8. The molecule has 4 nitrogen and oxygen atoms in total. The summed E-state index contributed by atoms with van der Waals surface area (Å²) in [6, 6.07) is 3.94. The van der Waals surface area contributed by atoms with Crippen LogP contribution in [0.3, 0.4) is 0 Å². The summed E-state index contributed by atoms with van der Waals surface area (Å²) < 4.78 is 7.03. The summed E-state index contributed by atoms with van der Waals surface area (Å²) in [5.41, 5.74) is 1.08. The van der Waals surface area contributed by atoms with E-state index in [-0.39, 0.29) is 0 Å². The summed E-state index contributed by atoms with van der Waals surface area (Å²) in [6.45, 7) is 21.6. The van der Waals surface area contributed by atoms with E-state index >= 15 is 0 Å². The Kier molecular flexibility index (Phi) is 3.76. The minimum Gasteiger partial charge on any atom is -0.479 e.